The Morgan fingerprint density at radius 1 is 1.22 bits per heavy atom. The van der Waals surface area contributed by atoms with E-state index < -0.39 is 0 Å². The van der Waals surface area contributed by atoms with Crippen LogP contribution in [0.5, 0.6) is 0 Å². The number of nitrogens with zero attached hydrogens (tertiary/aromatic N) is 1. The first-order valence-electron chi connectivity index (χ1n) is 8.17. The number of carbonyl (C=O) groups excluding carboxylic acids is 2. The Bertz CT molecular complexity index is 587. The Morgan fingerprint density at radius 3 is 2.70 bits per heavy atom. The molecule has 6 heteroatoms. The molecule has 1 aliphatic carbocycles. The summed E-state index contributed by atoms with van der Waals surface area (Å²) in [6.07, 6.45) is 2.50. The molecule has 2 unspecified atom stereocenters. The van der Waals surface area contributed by atoms with Crippen molar-refractivity contribution in [1.29, 1.82) is 0 Å². The molecular weight excluding hydrogens is 310 g/mol. The second-order valence-electron chi connectivity index (χ2n) is 6.24. The fourth-order valence-electron chi connectivity index (χ4n) is 3.18. The van der Waals surface area contributed by atoms with Gasteiger partial charge < -0.3 is 16.0 Å². The Morgan fingerprint density at radius 2 is 2.00 bits per heavy atom. The minimum Gasteiger partial charge on any atom is -0.337 e. The second kappa shape index (κ2) is 7.36. The third-order valence-electron chi connectivity index (χ3n) is 4.52. The van der Waals surface area contributed by atoms with Gasteiger partial charge in [0.2, 0.25) is 5.91 Å². The van der Waals surface area contributed by atoms with Gasteiger partial charge in [-0.25, -0.2) is 0 Å². The van der Waals surface area contributed by atoms with Crippen molar-refractivity contribution in [2.75, 3.05) is 29.9 Å². The van der Waals surface area contributed by atoms with E-state index in [1.54, 1.807) is 6.07 Å². The zero-order valence-corrected chi connectivity index (χ0v) is 14.0. The maximum absolute atomic E-state index is 12.5. The highest BCUT2D eigenvalue weighted by molar-refractivity contribution is 7.99. The van der Waals surface area contributed by atoms with E-state index in [-0.39, 0.29) is 23.8 Å². The van der Waals surface area contributed by atoms with Crippen LogP contribution in [-0.2, 0) is 4.79 Å². The lowest BCUT2D eigenvalue weighted by Crippen LogP contribution is -2.37. The molecule has 23 heavy (non-hydrogen) atoms. The van der Waals surface area contributed by atoms with Crippen molar-refractivity contribution in [3.8, 4) is 0 Å². The van der Waals surface area contributed by atoms with Gasteiger partial charge in [0.15, 0.2) is 0 Å². The summed E-state index contributed by atoms with van der Waals surface area (Å²) < 4.78 is 0. The van der Waals surface area contributed by atoms with Crippen LogP contribution in [0.15, 0.2) is 24.3 Å². The van der Waals surface area contributed by atoms with E-state index in [1.165, 1.54) is 0 Å². The van der Waals surface area contributed by atoms with E-state index in [1.807, 2.05) is 34.9 Å². The van der Waals surface area contributed by atoms with E-state index in [0.717, 1.165) is 43.9 Å². The van der Waals surface area contributed by atoms with Gasteiger partial charge in [0.25, 0.3) is 5.91 Å². The van der Waals surface area contributed by atoms with Crippen LogP contribution in [0.1, 0.15) is 29.6 Å². The number of thioether (sulfide) groups is 1. The molecule has 1 saturated carbocycles. The largest absolute Gasteiger partial charge is 0.337 e. The molecule has 0 bridgehead atoms. The van der Waals surface area contributed by atoms with Gasteiger partial charge in [0, 0.05) is 47.8 Å². The molecule has 3 N–H and O–H groups in total. The van der Waals surface area contributed by atoms with Crippen molar-refractivity contribution in [2.24, 2.45) is 11.7 Å². The Kier molecular flexibility index (Phi) is 5.23. The summed E-state index contributed by atoms with van der Waals surface area (Å²) in [5.41, 5.74) is 7.20. The lowest BCUT2D eigenvalue weighted by molar-refractivity contribution is -0.119. The summed E-state index contributed by atoms with van der Waals surface area (Å²) >= 11 is 1.88. The number of benzene rings is 1. The molecule has 0 spiro atoms. The predicted octanol–water partition coefficient (Wildman–Crippen LogP) is 1.94. The Labute approximate surface area is 141 Å². The van der Waals surface area contributed by atoms with Gasteiger partial charge in [0.1, 0.15) is 0 Å². The Balaban J connectivity index is 1.65. The first-order chi connectivity index (χ1) is 11.1. The summed E-state index contributed by atoms with van der Waals surface area (Å²) in [6, 6.07) is 7.37. The quantitative estimate of drug-likeness (QED) is 0.886. The summed E-state index contributed by atoms with van der Waals surface area (Å²) in [5.74, 6) is 2.03. The highest BCUT2D eigenvalue weighted by Crippen LogP contribution is 2.25. The molecule has 1 heterocycles. The standard InChI is InChI=1S/C17H23N3O2S/c18-14-5-4-12(10-14)16(21)19-15-3-1-2-13(11-15)17(22)20-6-8-23-9-7-20/h1-3,11-12,14H,4-10,18H2,(H,19,21). The molecule has 0 aromatic heterocycles. The topological polar surface area (TPSA) is 75.4 Å². The van der Waals surface area contributed by atoms with Crippen molar-refractivity contribution in [1.82, 2.24) is 4.90 Å². The van der Waals surface area contributed by atoms with Crippen molar-refractivity contribution >= 4 is 29.3 Å². The average Bonchev–Trinajstić information content (AvgIpc) is 3.02. The number of nitrogens with two attached hydrogens (primary N) is 1. The van der Waals surface area contributed by atoms with Gasteiger partial charge in [-0.3, -0.25) is 9.59 Å². The third kappa shape index (κ3) is 4.06. The number of hydrogen-bond donors (Lipinski definition) is 2. The summed E-state index contributed by atoms with van der Waals surface area (Å²) in [4.78, 5) is 26.7. The SMILES string of the molecule is NC1CCC(C(=O)Nc2cccc(C(=O)N3CCSCC3)c2)C1. The maximum Gasteiger partial charge on any atom is 0.253 e. The van der Waals surface area contributed by atoms with Gasteiger partial charge in [0.05, 0.1) is 0 Å². The molecule has 2 amide bonds. The van der Waals surface area contributed by atoms with Gasteiger partial charge in [-0.1, -0.05) is 6.07 Å². The molecule has 2 atom stereocenters. The van der Waals surface area contributed by atoms with Crippen LogP contribution in [0.25, 0.3) is 0 Å². The smallest absolute Gasteiger partial charge is 0.253 e. The van der Waals surface area contributed by atoms with E-state index in [2.05, 4.69) is 5.32 Å². The van der Waals surface area contributed by atoms with Crippen LogP contribution in [0.4, 0.5) is 5.69 Å². The highest BCUT2D eigenvalue weighted by Gasteiger charge is 2.28. The average molecular weight is 333 g/mol. The molecule has 124 valence electrons. The van der Waals surface area contributed by atoms with Crippen LogP contribution >= 0.6 is 11.8 Å². The van der Waals surface area contributed by atoms with E-state index in [4.69, 9.17) is 5.73 Å². The number of rotatable bonds is 3. The highest BCUT2D eigenvalue weighted by atomic mass is 32.2. The first-order valence-corrected chi connectivity index (χ1v) is 9.32. The van der Waals surface area contributed by atoms with Crippen molar-refractivity contribution in [2.45, 2.75) is 25.3 Å². The molecule has 3 rings (SSSR count). The minimum atomic E-state index is -0.0107. The first kappa shape index (κ1) is 16.3. The fourth-order valence-corrected chi connectivity index (χ4v) is 4.08. The normalized spacial score (nSPS) is 24.5. The third-order valence-corrected chi connectivity index (χ3v) is 5.46. The van der Waals surface area contributed by atoms with Crippen LogP contribution in [-0.4, -0.2) is 47.4 Å². The summed E-state index contributed by atoms with van der Waals surface area (Å²) in [6.45, 7) is 1.58. The molecule has 2 fully saturated rings. The summed E-state index contributed by atoms with van der Waals surface area (Å²) in [5, 5.41) is 2.93. The van der Waals surface area contributed by atoms with Crippen molar-refractivity contribution in [3.63, 3.8) is 0 Å². The van der Waals surface area contributed by atoms with Crippen LogP contribution < -0.4 is 11.1 Å². The lowest BCUT2D eigenvalue weighted by Gasteiger charge is -2.26. The maximum atomic E-state index is 12.5. The van der Waals surface area contributed by atoms with Gasteiger partial charge in [-0.15, -0.1) is 0 Å². The van der Waals surface area contributed by atoms with Gasteiger partial charge >= 0.3 is 0 Å². The fraction of sp³-hybridized carbons (Fsp3) is 0.529. The van der Waals surface area contributed by atoms with Gasteiger partial charge in [-0.2, -0.15) is 11.8 Å². The number of amides is 2. The van der Waals surface area contributed by atoms with Crippen molar-refractivity contribution < 1.29 is 9.59 Å². The second-order valence-corrected chi connectivity index (χ2v) is 7.47. The lowest BCUT2D eigenvalue weighted by atomic mass is 10.1. The van der Waals surface area contributed by atoms with E-state index in [0.29, 0.717) is 11.3 Å². The molecule has 2 aliphatic rings. The van der Waals surface area contributed by atoms with Crippen LogP contribution in [0.3, 0.4) is 0 Å². The molecule has 1 aliphatic heterocycles. The minimum absolute atomic E-state index is 0.0107. The monoisotopic (exact) mass is 333 g/mol. The molecule has 1 saturated heterocycles. The summed E-state index contributed by atoms with van der Waals surface area (Å²) in [7, 11) is 0. The van der Waals surface area contributed by atoms with E-state index in [9.17, 15) is 9.59 Å². The molecule has 5 nitrogen and oxygen atoms in total. The van der Waals surface area contributed by atoms with Crippen LogP contribution in [0, 0.1) is 5.92 Å². The number of carbonyl (C=O) groups is 2. The van der Waals surface area contributed by atoms with Crippen molar-refractivity contribution in [3.05, 3.63) is 29.8 Å². The number of nitrogens with one attached hydrogen (secondary N) is 1. The number of anilines is 1. The zero-order valence-electron chi connectivity index (χ0n) is 13.2. The number of hydrogen-bond acceptors (Lipinski definition) is 4. The van der Waals surface area contributed by atoms with Gasteiger partial charge in [-0.05, 0) is 37.5 Å². The molecule has 0 radical (unpaired) electrons. The predicted molar refractivity (Wildman–Crippen MR) is 93.6 cm³/mol. The molecule has 1 aromatic carbocycles. The van der Waals surface area contributed by atoms with E-state index >= 15 is 0 Å². The molecule has 1 aromatic rings. The molecular formula is C17H23N3O2S. The van der Waals surface area contributed by atoms with Crippen LogP contribution in [0.2, 0.25) is 0 Å². The zero-order chi connectivity index (χ0) is 16.2. The Hall–Kier alpha value is -1.53.